The lowest BCUT2D eigenvalue weighted by molar-refractivity contribution is 0.243. The summed E-state index contributed by atoms with van der Waals surface area (Å²) in [5.41, 5.74) is 1.24. The van der Waals surface area contributed by atoms with E-state index >= 15 is 0 Å². The van der Waals surface area contributed by atoms with Crippen molar-refractivity contribution in [2.75, 3.05) is 0 Å². The summed E-state index contributed by atoms with van der Waals surface area (Å²) < 4.78 is 7.73. The summed E-state index contributed by atoms with van der Waals surface area (Å²) in [5.74, 6) is 0.943. The van der Waals surface area contributed by atoms with E-state index in [1.165, 1.54) is 10.9 Å². The Morgan fingerprint density at radius 3 is 2.71 bits per heavy atom. The molecule has 0 radical (unpaired) electrons. The summed E-state index contributed by atoms with van der Waals surface area (Å²) in [7, 11) is 2.05. The van der Waals surface area contributed by atoms with Gasteiger partial charge in [-0.25, -0.2) is 0 Å². The topological polar surface area (TPSA) is 14.2 Å². The zero-order valence-corrected chi connectivity index (χ0v) is 8.82. The first-order valence-electron chi connectivity index (χ1n) is 4.88. The van der Waals surface area contributed by atoms with Crippen LogP contribution in [0, 0.1) is 0 Å². The van der Waals surface area contributed by atoms with Crippen molar-refractivity contribution in [3.63, 3.8) is 0 Å². The zero-order chi connectivity index (χ0) is 10.1. The molecular formula is C12H15NO. The Balaban J connectivity index is 2.42. The Bertz CT molecular complexity index is 443. The molecule has 0 unspecified atom stereocenters. The van der Waals surface area contributed by atoms with Crippen molar-refractivity contribution in [3.8, 4) is 5.75 Å². The van der Waals surface area contributed by atoms with Crippen LogP contribution in [0.1, 0.15) is 13.8 Å². The molecule has 0 aliphatic rings. The molecule has 0 fully saturated rings. The second kappa shape index (κ2) is 3.37. The number of ether oxygens (including phenoxy) is 1. The summed E-state index contributed by atoms with van der Waals surface area (Å²) in [5, 5.41) is 1.23. The molecule has 0 aliphatic heterocycles. The van der Waals surface area contributed by atoms with Crippen molar-refractivity contribution >= 4 is 10.9 Å². The highest BCUT2D eigenvalue weighted by atomic mass is 16.5. The van der Waals surface area contributed by atoms with Crippen LogP contribution in [0.2, 0.25) is 0 Å². The van der Waals surface area contributed by atoms with Gasteiger partial charge in [0.25, 0.3) is 0 Å². The molecular weight excluding hydrogens is 174 g/mol. The lowest BCUT2D eigenvalue weighted by atomic mass is 10.2. The molecule has 2 rings (SSSR count). The molecule has 0 saturated heterocycles. The van der Waals surface area contributed by atoms with Crippen LogP contribution in [0.15, 0.2) is 30.5 Å². The van der Waals surface area contributed by atoms with Gasteiger partial charge in [-0.15, -0.1) is 0 Å². The van der Waals surface area contributed by atoms with Crippen molar-refractivity contribution in [3.05, 3.63) is 30.5 Å². The maximum Gasteiger partial charge on any atom is 0.120 e. The Morgan fingerprint density at radius 1 is 1.21 bits per heavy atom. The quantitative estimate of drug-likeness (QED) is 0.708. The van der Waals surface area contributed by atoms with E-state index in [2.05, 4.69) is 29.0 Å². The van der Waals surface area contributed by atoms with E-state index < -0.39 is 0 Å². The number of benzene rings is 1. The predicted octanol–water partition coefficient (Wildman–Crippen LogP) is 2.97. The maximum absolute atomic E-state index is 5.62. The third kappa shape index (κ3) is 1.60. The third-order valence-electron chi connectivity index (χ3n) is 2.23. The van der Waals surface area contributed by atoms with E-state index in [1.807, 2.05) is 27.0 Å². The van der Waals surface area contributed by atoms with Crippen molar-refractivity contribution in [1.29, 1.82) is 0 Å². The Labute approximate surface area is 84.1 Å². The normalized spacial score (nSPS) is 11.1. The number of rotatable bonds is 2. The van der Waals surface area contributed by atoms with Crippen molar-refractivity contribution in [2.24, 2.45) is 7.05 Å². The smallest absolute Gasteiger partial charge is 0.120 e. The van der Waals surface area contributed by atoms with Crippen LogP contribution in [-0.4, -0.2) is 10.7 Å². The SMILES string of the molecule is CC(C)Oc1ccc2c(ccn2C)c1. The van der Waals surface area contributed by atoms with Gasteiger partial charge >= 0.3 is 0 Å². The van der Waals surface area contributed by atoms with Crippen LogP contribution in [0.3, 0.4) is 0 Å². The summed E-state index contributed by atoms with van der Waals surface area (Å²) in [4.78, 5) is 0. The summed E-state index contributed by atoms with van der Waals surface area (Å²) >= 11 is 0. The number of hydrogen-bond donors (Lipinski definition) is 0. The van der Waals surface area contributed by atoms with Gasteiger partial charge in [0, 0.05) is 24.1 Å². The number of fused-ring (bicyclic) bond motifs is 1. The van der Waals surface area contributed by atoms with Crippen molar-refractivity contribution in [1.82, 2.24) is 4.57 Å². The fourth-order valence-electron chi connectivity index (χ4n) is 1.61. The van der Waals surface area contributed by atoms with Gasteiger partial charge in [0.15, 0.2) is 0 Å². The Morgan fingerprint density at radius 2 is 2.00 bits per heavy atom. The second-order valence-electron chi connectivity index (χ2n) is 3.81. The molecule has 74 valence electrons. The first-order valence-corrected chi connectivity index (χ1v) is 4.88. The molecule has 2 aromatic rings. The lowest BCUT2D eigenvalue weighted by Gasteiger charge is -2.09. The molecule has 0 N–H and O–H groups in total. The zero-order valence-electron chi connectivity index (χ0n) is 8.82. The largest absolute Gasteiger partial charge is 0.491 e. The standard InChI is InChI=1S/C12H15NO/c1-9(2)14-11-4-5-12-10(8-11)6-7-13(12)3/h4-9H,1-3H3. The van der Waals surface area contributed by atoms with Gasteiger partial charge in [-0.3, -0.25) is 0 Å². The van der Waals surface area contributed by atoms with Gasteiger partial charge in [0.2, 0.25) is 0 Å². The molecule has 0 atom stereocenters. The lowest BCUT2D eigenvalue weighted by Crippen LogP contribution is -2.05. The highest BCUT2D eigenvalue weighted by molar-refractivity contribution is 5.81. The van der Waals surface area contributed by atoms with Crippen molar-refractivity contribution < 1.29 is 4.74 Å². The molecule has 2 nitrogen and oxygen atoms in total. The van der Waals surface area contributed by atoms with Crippen LogP contribution < -0.4 is 4.74 Å². The molecule has 2 heteroatoms. The average Bonchev–Trinajstić information content (AvgIpc) is 2.46. The summed E-state index contributed by atoms with van der Waals surface area (Å²) in [6, 6.07) is 8.28. The second-order valence-corrected chi connectivity index (χ2v) is 3.81. The predicted molar refractivity (Wildman–Crippen MR) is 58.7 cm³/mol. The van der Waals surface area contributed by atoms with Gasteiger partial charge in [0.05, 0.1) is 6.10 Å². The highest BCUT2D eigenvalue weighted by Gasteiger charge is 2.01. The molecule has 1 heterocycles. The van der Waals surface area contributed by atoms with Gasteiger partial charge in [-0.1, -0.05) is 0 Å². The Kier molecular flexibility index (Phi) is 2.20. The molecule has 1 aromatic heterocycles. The molecule has 0 amide bonds. The molecule has 0 saturated carbocycles. The number of hydrogen-bond acceptors (Lipinski definition) is 1. The molecule has 0 spiro atoms. The van der Waals surface area contributed by atoms with Crippen LogP contribution in [0.4, 0.5) is 0 Å². The van der Waals surface area contributed by atoms with E-state index in [0.717, 1.165) is 5.75 Å². The molecule has 1 aromatic carbocycles. The van der Waals surface area contributed by atoms with Gasteiger partial charge in [-0.05, 0) is 38.1 Å². The number of aromatic nitrogens is 1. The number of nitrogens with zero attached hydrogens (tertiary/aromatic N) is 1. The first kappa shape index (κ1) is 9.13. The van der Waals surface area contributed by atoms with E-state index in [1.54, 1.807) is 0 Å². The van der Waals surface area contributed by atoms with Crippen LogP contribution in [0.5, 0.6) is 5.75 Å². The van der Waals surface area contributed by atoms with Crippen LogP contribution in [0.25, 0.3) is 10.9 Å². The minimum absolute atomic E-state index is 0.233. The van der Waals surface area contributed by atoms with E-state index in [-0.39, 0.29) is 6.10 Å². The van der Waals surface area contributed by atoms with E-state index in [4.69, 9.17) is 4.74 Å². The van der Waals surface area contributed by atoms with Crippen molar-refractivity contribution in [2.45, 2.75) is 20.0 Å². The number of aryl methyl sites for hydroxylation is 1. The minimum atomic E-state index is 0.233. The Hall–Kier alpha value is -1.44. The monoisotopic (exact) mass is 189 g/mol. The van der Waals surface area contributed by atoms with E-state index in [0.29, 0.717) is 0 Å². The third-order valence-corrected chi connectivity index (χ3v) is 2.23. The van der Waals surface area contributed by atoms with Crippen LogP contribution in [-0.2, 0) is 7.05 Å². The highest BCUT2D eigenvalue weighted by Crippen LogP contribution is 2.21. The first-order chi connectivity index (χ1) is 6.66. The fraction of sp³-hybridized carbons (Fsp3) is 0.333. The molecule has 14 heavy (non-hydrogen) atoms. The van der Waals surface area contributed by atoms with Crippen LogP contribution >= 0.6 is 0 Å². The van der Waals surface area contributed by atoms with E-state index in [9.17, 15) is 0 Å². The average molecular weight is 189 g/mol. The molecule has 0 bridgehead atoms. The fourth-order valence-corrected chi connectivity index (χ4v) is 1.61. The molecule has 0 aliphatic carbocycles. The minimum Gasteiger partial charge on any atom is -0.491 e. The maximum atomic E-state index is 5.62. The summed E-state index contributed by atoms with van der Waals surface area (Å²) in [6.45, 7) is 4.07. The van der Waals surface area contributed by atoms with Gasteiger partial charge < -0.3 is 9.30 Å². The van der Waals surface area contributed by atoms with Gasteiger partial charge in [0.1, 0.15) is 5.75 Å². The summed E-state index contributed by atoms with van der Waals surface area (Å²) in [6.07, 6.45) is 2.29. The van der Waals surface area contributed by atoms with Gasteiger partial charge in [-0.2, -0.15) is 0 Å².